The van der Waals surface area contributed by atoms with E-state index in [1.165, 1.54) is 0 Å². The van der Waals surface area contributed by atoms with Gasteiger partial charge in [0.25, 0.3) is 5.91 Å². The van der Waals surface area contributed by atoms with E-state index in [9.17, 15) is 9.59 Å². The van der Waals surface area contributed by atoms with Crippen LogP contribution in [0.1, 0.15) is 43.0 Å². The van der Waals surface area contributed by atoms with Crippen molar-refractivity contribution in [3.05, 3.63) is 29.8 Å². The highest BCUT2D eigenvalue weighted by Crippen LogP contribution is 2.36. The van der Waals surface area contributed by atoms with Gasteiger partial charge in [-0.05, 0) is 50.8 Å². The molecule has 2 aliphatic rings. The van der Waals surface area contributed by atoms with E-state index in [4.69, 9.17) is 9.47 Å². The number of amides is 2. The predicted octanol–water partition coefficient (Wildman–Crippen LogP) is 2.17. The van der Waals surface area contributed by atoms with Crippen LogP contribution in [0.15, 0.2) is 24.3 Å². The van der Waals surface area contributed by atoms with E-state index in [0.29, 0.717) is 37.1 Å². The van der Waals surface area contributed by atoms with E-state index in [-0.39, 0.29) is 24.1 Å². The van der Waals surface area contributed by atoms with Gasteiger partial charge in [0, 0.05) is 36.8 Å². The maximum Gasteiger partial charge on any atom is 0.410 e. The van der Waals surface area contributed by atoms with Crippen molar-refractivity contribution in [1.82, 2.24) is 15.5 Å². The second-order valence-electron chi connectivity index (χ2n) is 7.10. The number of fused-ring (bicyclic) bond motifs is 2. The van der Waals surface area contributed by atoms with Crippen LogP contribution in [0.5, 0.6) is 5.75 Å². The van der Waals surface area contributed by atoms with Crippen molar-refractivity contribution in [2.45, 2.75) is 50.7 Å². The van der Waals surface area contributed by atoms with Crippen molar-refractivity contribution in [2.24, 2.45) is 0 Å². The lowest BCUT2D eigenvalue weighted by Gasteiger charge is -2.38. The van der Waals surface area contributed by atoms with Crippen LogP contribution in [0.25, 0.3) is 0 Å². The summed E-state index contributed by atoms with van der Waals surface area (Å²) in [4.78, 5) is 26.3. The van der Waals surface area contributed by atoms with Gasteiger partial charge in [-0.15, -0.1) is 0 Å². The molecule has 148 valence electrons. The molecular weight excluding hydrogens is 346 g/mol. The fraction of sp³-hybridized carbons (Fsp3) is 0.600. The average Bonchev–Trinajstić information content (AvgIpc) is 2.96. The Balaban J connectivity index is 1.40. The minimum atomic E-state index is -0.172. The van der Waals surface area contributed by atoms with Crippen molar-refractivity contribution in [1.29, 1.82) is 0 Å². The predicted molar refractivity (Wildman–Crippen MR) is 102 cm³/mol. The highest BCUT2D eigenvalue weighted by molar-refractivity contribution is 5.94. The number of hydrogen-bond acceptors (Lipinski definition) is 5. The summed E-state index contributed by atoms with van der Waals surface area (Å²) in [5, 5.41) is 6.46. The highest BCUT2D eigenvalue weighted by atomic mass is 16.6. The number of piperidine rings is 1. The average molecular weight is 375 g/mol. The van der Waals surface area contributed by atoms with Crippen molar-refractivity contribution >= 4 is 12.0 Å². The first-order valence-corrected chi connectivity index (χ1v) is 9.73. The molecule has 0 saturated carbocycles. The maximum atomic E-state index is 12.2. The number of nitrogens with zero attached hydrogens (tertiary/aromatic N) is 1. The van der Waals surface area contributed by atoms with Crippen LogP contribution < -0.4 is 15.4 Å². The van der Waals surface area contributed by atoms with Crippen molar-refractivity contribution in [3.8, 4) is 5.75 Å². The van der Waals surface area contributed by atoms with E-state index >= 15 is 0 Å². The Morgan fingerprint density at radius 1 is 1.19 bits per heavy atom. The lowest BCUT2D eigenvalue weighted by Crippen LogP contribution is -2.52. The summed E-state index contributed by atoms with van der Waals surface area (Å²) < 4.78 is 10.3. The zero-order chi connectivity index (χ0) is 19.2. The lowest BCUT2D eigenvalue weighted by molar-refractivity contribution is 0.0659. The quantitative estimate of drug-likeness (QED) is 0.714. The third-order valence-electron chi connectivity index (χ3n) is 5.39. The van der Waals surface area contributed by atoms with E-state index in [1.807, 2.05) is 17.9 Å². The van der Waals surface area contributed by atoms with E-state index in [0.717, 1.165) is 25.7 Å². The summed E-state index contributed by atoms with van der Waals surface area (Å²) >= 11 is 0. The van der Waals surface area contributed by atoms with Crippen LogP contribution in [0.4, 0.5) is 4.79 Å². The van der Waals surface area contributed by atoms with Crippen LogP contribution in [-0.2, 0) is 4.74 Å². The Hall–Kier alpha value is -2.28. The maximum absolute atomic E-state index is 12.2. The number of carbonyl (C=O) groups excluding carboxylic acids is 2. The summed E-state index contributed by atoms with van der Waals surface area (Å²) in [7, 11) is 1.58. The molecule has 27 heavy (non-hydrogen) atoms. The molecule has 2 N–H and O–H groups in total. The van der Waals surface area contributed by atoms with Crippen LogP contribution in [0.3, 0.4) is 0 Å². The molecule has 2 amide bonds. The third kappa shape index (κ3) is 4.71. The van der Waals surface area contributed by atoms with Gasteiger partial charge in [-0.3, -0.25) is 4.79 Å². The molecule has 3 rings (SSSR count). The minimum Gasteiger partial charge on any atom is -0.497 e. The molecule has 0 spiro atoms. The zero-order valence-corrected chi connectivity index (χ0v) is 16.1. The molecule has 7 heteroatoms. The smallest absolute Gasteiger partial charge is 0.410 e. The van der Waals surface area contributed by atoms with Gasteiger partial charge < -0.3 is 25.0 Å². The number of ether oxygens (including phenoxy) is 2. The summed E-state index contributed by atoms with van der Waals surface area (Å²) in [6.45, 7) is 3.53. The Labute approximate surface area is 160 Å². The topological polar surface area (TPSA) is 79.9 Å². The SMILES string of the molecule is CCOC(=O)N1[C@@H]2CC[C@H]1CC(NCCNC(=O)c1cccc(OC)c1)C2. The molecule has 3 atom stereocenters. The van der Waals surface area contributed by atoms with Crippen molar-refractivity contribution in [2.75, 3.05) is 26.8 Å². The standard InChI is InChI=1S/C20H29N3O4/c1-3-27-20(25)23-16-7-8-17(23)13-15(12-16)21-9-10-22-19(24)14-5-4-6-18(11-14)26-2/h4-6,11,15-17,21H,3,7-10,12-13H2,1-2H3,(H,22,24)/t15?,16-,17+. The normalized spacial score (nSPS) is 23.8. The number of hydrogen-bond donors (Lipinski definition) is 2. The summed E-state index contributed by atoms with van der Waals surface area (Å²) in [5.41, 5.74) is 0.593. The highest BCUT2D eigenvalue weighted by Gasteiger charge is 2.43. The van der Waals surface area contributed by atoms with Gasteiger partial charge in [0.1, 0.15) is 5.75 Å². The Kier molecular flexibility index (Phi) is 6.55. The molecule has 0 radical (unpaired) electrons. The first kappa shape index (κ1) is 19.5. The Morgan fingerprint density at radius 2 is 1.93 bits per heavy atom. The Morgan fingerprint density at radius 3 is 2.59 bits per heavy atom. The number of benzene rings is 1. The second kappa shape index (κ2) is 9.08. The van der Waals surface area contributed by atoms with Crippen LogP contribution in [0.2, 0.25) is 0 Å². The third-order valence-corrected chi connectivity index (χ3v) is 5.39. The van der Waals surface area contributed by atoms with E-state index in [1.54, 1.807) is 25.3 Å². The first-order chi connectivity index (χ1) is 13.1. The fourth-order valence-electron chi connectivity index (χ4n) is 4.16. The molecule has 2 aliphatic heterocycles. The zero-order valence-electron chi connectivity index (χ0n) is 16.1. The van der Waals surface area contributed by atoms with Gasteiger partial charge in [0.05, 0.1) is 13.7 Å². The van der Waals surface area contributed by atoms with Gasteiger partial charge in [-0.2, -0.15) is 0 Å². The van der Waals surface area contributed by atoms with Gasteiger partial charge in [-0.25, -0.2) is 4.79 Å². The summed E-state index contributed by atoms with van der Waals surface area (Å²) in [5.74, 6) is 0.567. The number of nitrogens with one attached hydrogen (secondary N) is 2. The molecule has 2 saturated heterocycles. The summed E-state index contributed by atoms with van der Waals surface area (Å²) in [6.07, 6.45) is 3.81. The first-order valence-electron chi connectivity index (χ1n) is 9.73. The van der Waals surface area contributed by atoms with Crippen molar-refractivity contribution in [3.63, 3.8) is 0 Å². The largest absolute Gasteiger partial charge is 0.497 e. The number of rotatable bonds is 7. The monoisotopic (exact) mass is 375 g/mol. The minimum absolute atomic E-state index is 0.104. The van der Waals surface area contributed by atoms with E-state index < -0.39 is 0 Å². The van der Waals surface area contributed by atoms with Crippen LogP contribution in [-0.4, -0.2) is 61.8 Å². The molecule has 1 aromatic carbocycles. The van der Waals surface area contributed by atoms with E-state index in [2.05, 4.69) is 10.6 Å². The molecule has 2 fully saturated rings. The van der Waals surface area contributed by atoms with Gasteiger partial charge >= 0.3 is 6.09 Å². The molecule has 0 aliphatic carbocycles. The van der Waals surface area contributed by atoms with Crippen LogP contribution >= 0.6 is 0 Å². The molecule has 1 aromatic rings. The molecular formula is C20H29N3O4. The molecule has 7 nitrogen and oxygen atoms in total. The van der Waals surface area contributed by atoms with Crippen LogP contribution in [0, 0.1) is 0 Å². The number of carbonyl (C=O) groups is 2. The fourth-order valence-corrected chi connectivity index (χ4v) is 4.16. The van der Waals surface area contributed by atoms with Crippen molar-refractivity contribution < 1.29 is 19.1 Å². The molecule has 2 heterocycles. The Bertz CT molecular complexity index is 652. The lowest BCUT2D eigenvalue weighted by atomic mass is 9.98. The van der Waals surface area contributed by atoms with Gasteiger partial charge in [0.2, 0.25) is 0 Å². The second-order valence-corrected chi connectivity index (χ2v) is 7.10. The molecule has 2 bridgehead atoms. The van der Waals surface area contributed by atoms with Gasteiger partial charge in [-0.1, -0.05) is 6.07 Å². The molecule has 0 aromatic heterocycles. The van der Waals surface area contributed by atoms with Gasteiger partial charge in [0.15, 0.2) is 0 Å². The molecule has 1 unspecified atom stereocenters. The summed E-state index contributed by atoms with van der Waals surface area (Å²) in [6, 6.07) is 8.04. The number of methoxy groups -OCH3 is 1.